The Morgan fingerprint density at radius 2 is 1.74 bits per heavy atom. The molecule has 2 aromatic carbocycles. The summed E-state index contributed by atoms with van der Waals surface area (Å²) in [5.41, 5.74) is 2.32. The van der Waals surface area contributed by atoms with E-state index in [1.165, 1.54) is 29.7 Å². The van der Waals surface area contributed by atoms with Crippen molar-refractivity contribution < 1.29 is 28.7 Å². The summed E-state index contributed by atoms with van der Waals surface area (Å²) in [7, 11) is 1.49. The van der Waals surface area contributed by atoms with E-state index in [4.69, 9.17) is 9.47 Å². The standard InChI is InChI=1S/C26H24N2O6/c1-14-11-16-12-18(14)23-22(16)24(30)28(25(23)31)17-9-7-15(8-10-17)26(32)34-13-21(29)27-19-5-3-4-6-20(19)33-2/h3-11,16,18,22-23H,12-13H2,1-2H3,(H,27,29)/t16-,18+,22-,23-/m0/s1. The number of benzene rings is 2. The smallest absolute Gasteiger partial charge is 0.338 e. The highest BCUT2D eigenvalue weighted by Crippen LogP contribution is 2.55. The Bertz CT molecular complexity index is 1220. The molecule has 174 valence electrons. The van der Waals surface area contributed by atoms with Gasteiger partial charge in [0.05, 0.1) is 35.9 Å². The van der Waals surface area contributed by atoms with Crippen LogP contribution in [0.1, 0.15) is 23.7 Å². The lowest BCUT2D eigenvalue weighted by molar-refractivity contribution is -0.123. The van der Waals surface area contributed by atoms with Gasteiger partial charge in [-0.15, -0.1) is 0 Å². The number of rotatable bonds is 6. The molecule has 8 nitrogen and oxygen atoms in total. The van der Waals surface area contributed by atoms with Gasteiger partial charge < -0.3 is 14.8 Å². The molecule has 1 saturated carbocycles. The second-order valence-electron chi connectivity index (χ2n) is 8.85. The minimum absolute atomic E-state index is 0.132. The van der Waals surface area contributed by atoms with Gasteiger partial charge in [-0.2, -0.15) is 0 Å². The van der Waals surface area contributed by atoms with Crippen molar-refractivity contribution in [3.05, 3.63) is 65.7 Å². The highest BCUT2D eigenvalue weighted by molar-refractivity contribution is 6.23. The lowest BCUT2D eigenvalue weighted by Gasteiger charge is -2.19. The number of para-hydroxylation sites is 2. The molecule has 2 aliphatic carbocycles. The SMILES string of the molecule is COc1ccccc1NC(=O)COC(=O)c1ccc(N2C(=O)[C@@H]3[C@@H](C2=O)[C@H]2C=C(C)[C@H]3C2)cc1. The van der Waals surface area contributed by atoms with E-state index in [1.807, 2.05) is 6.92 Å². The summed E-state index contributed by atoms with van der Waals surface area (Å²) in [6.45, 7) is 1.55. The van der Waals surface area contributed by atoms with E-state index in [-0.39, 0.29) is 41.0 Å². The number of esters is 1. The molecular formula is C26H24N2O6. The van der Waals surface area contributed by atoms with Crippen LogP contribution in [0, 0.1) is 23.7 Å². The molecule has 5 rings (SSSR count). The molecule has 3 aliphatic rings. The highest BCUT2D eigenvalue weighted by Gasteiger charge is 2.60. The average Bonchev–Trinajstić information content (AvgIpc) is 3.48. The molecule has 0 radical (unpaired) electrons. The Labute approximate surface area is 196 Å². The number of amides is 3. The molecular weight excluding hydrogens is 436 g/mol. The van der Waals surface area contributed by atoms with Gasteiger partial charge in [0.25, 0.3) is 5.91 Å². The number of nitrogens with zero attached hydrogens (tertiary/aromatic N) is 1. The zero-order chi connectivity index (χ0) is 24.0. The molecule has 3 amide bonds. The van der Waals surface area contributed by atoms with Gasteiger partial charge in [0.1, 0.15) is 5.75 Å². The first-order chi connectivity index (χ1) is 16.4. The Hall–Kier alpha value is -3.94. The van der Waals surface area contributed by atoms with Crippen LogP contribution in [-0.4, -0.2) is 37.4 Å². The van der Waals surface area contributed by atoms with Crippen LogP contribution in [0.3, 0.4) is 0 Å². The predicted molar refractivity (Wildman–Crippen MR) is 123 cm³/mol. The maximum atomic E-state index is 13.1. The number of carbonyl (C=O) groups excluding carboxylic acids is 4. The molecule has 2 fully saturated rings. The van der Waals surface area contributed by atoms with E-state index in [9.17, 15) is 19.2 Å². The molecule has 4 atom stereocenters. The zero-order valence-electron chi connectivity index (χ0n) is 18.8. The summed E-state index contributed by atoms with van der Waals surface area (Å²) in [5, 5.41) is 2.63. The van der Waals surface area contributed by atoms with Crippen molar-refractivity contribution in [3.63, 3.8) is 0 Å². The monoisotopic (exact) mass is 460 g/mol. The van der Waals surface area contributed by atoms with E-state index in [1.54, 1.807) is 36.4 Å². The van der Waals surface area contributed by atoms with Crippen LogP contribution in [0.5, 0.6) is 5.75 Å². The number of methoxy groups -OCH3 is 1. The van der Waals surface area contributed by atoms with Gasteiger partial charge in [-0.3, -0.25) is 19.3 Å². The number of carbonyl (C=O) groups is 4. The van der Waals surface area contributed by atoms with Crippen LogP contribution >= 0.6 is 0 Å². The second kappa shape index (κ2) is 8.44. The van der Waals surface area contributed by atoms with E-state index in [0.717, 1.165) is 6.42 Å². The fraction of sp³-hybridized carbons (Fsp3) is 0.308. The van der Waals surface area contributed by atoms with E-state index >= 15 is 0 Å². The van der Waals surface area contributed by atoms with Gasteiger partial charge in [-0.05, 0) is 61.6 Å². The fourth-order valence-corrected chi connectivity index (χ4v) is 5.42. The van der Waals surface area contributed by atoms with E-state index in [2.05, 4.69) is 11.4 Å². The Balaban J connectivity index is 1.21. The molecule has 34 heavy (non-hydrogen) atoms. The third-order valence-corrected chi connectivity index (χ3v) is 6.96. The molecule has 1 heterocycles. The van der Waals surface area contributed by atoms with Gasteiger partial charge in [0, 0.05) is 0 Å². The molecule has 2 bridgehead atoms. The fourth-order valence-electron chi connectivity index (χ4n) is 5.42. The largest absolute Gasteiger partial charge is 0.495 e. The third kappa shape index (κ3) is 3.55. The van der Waals surface area contributed by atoms with Crippen LogP contribution in [0.2, 0.25) is 0 Å². The number of hydrogen-bond donors (Lipinski definition) is 1. The van der Waals surface area contributed by atoms with Crippen molar-refractivity contribution in [2.45, 2.75) is 13.3 Å². The Morgan fingerprint density at radius 1 is 1.03 bits per heavy atom. The molecule has 1 N–H and O–H groups in total. The summed E-state index contributed by atoms with van der Waals surface area (Å²) < 4.78 is 10.3. The maximum absolute atomic E-state index is 13.1. The van der Waals surface area contributed by atoms with E-state index in [0.29, 0.717) is 17.1 Å². The minimum Gasteiger partial charge on any atom is -0.495 e. The number of imide groups is 1. The molecule has 2 aromatic rings. The molecule has 8 heteroatoms. The maximum Gasteiger partial charge on any atom is 0.338 e. The number of hydrogen-bond acceptors (Lipinski definition) is 6. The second-order valence-corrected chi connectivity index (χ2v) is 8.85. The van der Waals surface area contributed by atoms with Crippen LogP contribution in [0.25, 0.3) is 0 Å². The van der Waals surface area contributed by atoms with Gasteiger partial charge in [-0.25, -0.2) is 4.79 Å². The summed E-state index contributed by atoms with van der Waals surface area (Å²) >= 11 is 0. The highest BCUT2D eigenvalue weighted by atomic mass is 16.5. The van der Waals surface area contributed by atoms with Gasteiger partial charge >= 0.3 is 5.97 Å². The molecule has 0 aromatic heterocycles. The normalized spacial score (nSPS) is 24.6. The minimum atomic E-state index is -0.685. The third-order valence-electron chi connectivity index (χ3n) is 6.96. The molecule has 0 unspecified atom stereocenters. The summed E-state index contributed by atoms with van der Waals surface area (Å²) in [6.07, 6.45) is 3.01. The molecule has 1 saturated heterocycles. The zero-order valence-corrected chi connectivity index (χ0v) is 18.8. The lowest BCUT2D eigenvalue weighted by Crippen LogP contribution is -2.33. The Morgan fingerprint density at radius 3 is 2.47 bits per heavy atom. The predicted octanol–water partition coefficient (Wildman–Crippen LogP) is 3.19. The van der Waals surface area contributed by atoms with Crippen molar-refractivity contribution in [1.29, 1.82) is 0 Å². The van der Waals surface area contributed by atoms with Crippen molar-refractivity contribution in [1.82, 2.24) is 0 Å². The van der Waals surface area contributed by atoms with Crippen LogP contribution in [0.15, 0.2) is 60.2 Å². The average molecular weight is 460 g/mol. The van der Waals surface area contributed by atoms with Crippen molar-refractivity contribution in [3.8, 4) is 5.75 Å². The van der Waals surface area contributed by atoms with Crippen LogP contribution in [-0.2, 0) is 19.1 Å². The summed E-state index contributed by atoms with van der Waals surface area (Å²) in [6, 6.07) is 13.0. The van der Waals surface area contributed by atoms with Crippen molar-refractivity contribution >= 4 is 35.1 Å². The number of nitrogens with one attached hydrogen (secondary N) is 1. The number of ether oxygens (including phenoxy) is 2. The first kappa shape index (κ1) is 21.9. The lowest BCUT2D eigenvalue weighted by atomic mass is 9.82. The van der Waals surface area contributed by atoms with Crippen LogP contribution in [0.4, 0.5) is 11.4 Å². The van der Waals surface area contributed by atoms with Crippen molar-refractivity contribution in [2.24, 2.45) is 23.7 Å². The molecule has 1 aliphatic heterocycles. The first-order valence-corrected chi connectivity index (χ1v) is 11.1. The van der Waals surface area contributed by atoms with Gasteiger partial charge in [0.15, 0.2) is 6.61 Å². The summed E-state index contributed by atoms with van der Waals surface area (Å²) in [4.78, 5) is 51.9. The summed E-state index contributed by atoms with van der Waals surface area (Å²) in [5.74, 6) is -1.33. The van der Waals surface area contributed by atoms with E-state index < -0.39 is 18.5 Å². The van der Waals surface area contributed by atoms with Crippen molar-refractivity contribution in [2.75, 3.05) is 23.9 Å². The number of anilines is 2. The first-order valence-electron chi connectivity index (χ1n) is 11.1. The topological polar surface area (TPSA) is 102 Å². The Kier molecular flexibility index (Phi) is 5.43. The number of fused-ring (bicyclic) bond motifs is 5. The van der Waals surface area contributed by atoms with Crippen LogP contribution < -0.4 is 15.0 Å². The van der Waals surface area contributed by atoms with Gasteiger partial charge in [-0.1, -0.05) is 23.8 Å². The quantitative estimate of drug-likeness (QED) is 0.404. The molecule has 0 spiro atoms. The van der Waals surface area contributed by atoms with Gasteiger partial charge in [0.2, 0.25) is 11.8 Å². The number of allylic oxidation sites excluding steroid dienone is 2.